The number of ether oxygens (including phenoxy) is 1. The van der Waals surface area contributed by atoms with Crippen molar-refractivity contribution in [2.75, 3.05) is 12.8 Å². The number of benzene rings is 1. The van der Waals surface area contributed by atoms with Crippen LogP contribution < -0.4 is 5.73 Å². The molecule has 104 valence electrons. The summed E-state index contributed by atoms with van der Waals surface area (Å²) in [5.41, 5.74) is 7.98. The van der Waals surface area contributed by atoms with E-state index in [0.717, 1.165) is 18.5 Å². The highest BCUT2D eigenvalue weighted by Crippen LogP contribution is 2.39. The van der Waals surface area contributed by atoms with Gasteiger partial charge in [0.25, 0.3) is 0 Å². The fourth-order valence-corrected chi connectivity index (χ4v) is 2.49. The lowest BCUT2D eigenvalue weighted by Gasteiger charge is -2.11. The maximum absolute atomic E-state index is 11.9. The summed E-state index contributed by atoms with van der Waals surface area (Å²) >= 11 is 6.23. The molecule has 1 heterocycles. The van der Waals surface area contributed by atoms with Gasteiger partial charge in [-0.3, -0.25) is 0 Å². The summed E-state index contributed by atoms with van der Waals surface area (Å²) in [6, 6.07) is 5.10. The Morgan fingerprint density at radius 2 is 2.25 bits per heavy atom. The summed E-state index contributed by atoms with van der Waals surface area (Å²) in [7, 11) is 1.32. The first-order chi connectivity index (χ1) is 9.60. The molecule has 1 aromatic heterocycles. The topological polar surface area (TPSA) is 70.1 Å². The van der Waals surface area contributed by atoms with E-state index in [1.54, 1.807) is 23.0 Å². The van der Waals surface area contributed by atoms with Crippen LogP contribution in [0.4, 0.5) is 5.69 Å². The van der Waals surface area contributed by atoms with Crippen LogP contribution in [-0.2, 0) is 4.74 Å². The number of carbonyl (C=O) groups is 1. The van der Waals surface area contributed by atoms with E-state index in [9.17, 15) is 4.79 Å². The molecule has 0 saturated heterocycles. The van der Waals surface area contributed by atoms with Crippen molar-refractivity contribution in [1.82, 2.24) is 9.78 Å². The lowest BCUT2D eigenvalue weighted by Crippen LogP contribution is -2.10. The smallest absolute Gasteiger partial charge is 0.340 e. The zero-order valence-corrected chi connectivity index (χ0v) is 11.7. The van der Waals surface area contributed by atoms with Gasteiger partial charge in [0.15, 0.2) is 0 Å². The van der Waals surface area contributed by atoms with E-state index >= 15 is 0 Å². The SMILES string of the molecule is COC(=O)c1cc(N)cc(Cl)c1-n1ccc(C2CC2)n1. The predicted octanol–water partition coefficient (Wildman–Crippen LogP) is 2.77. The molecule has 2 aromatic rings. The van der Waals surface area contributed by atoms with Gasteiger partial charge in [-0.2, -0.15) is 5.10 Å². The van der Waals surface area contributed by atoms with Gasteiger partial charge in [0.2, 0.25) is 0 Å². The van der Waals surface area contributed by atoms with Crippen LogP contribution in [0.15, 0.2) is 24.4 Å². The minimum Gasteiger partial charge on any atom is -0.465 e. The molecule has 5 nitrogen and oxygen atoms in total. The van der Waals surface area contributed by atoms with Crippen LogP contribution in [-0.4, -0.2) is 22.9 Å². The van der Waals surface area contributed by atoms with E-state index in [2.05, 4.69) is 5.10 Å². The highest BCUT2D eigenvalue weighted by atomic mass is 35.5. The lowest BCUT2D eigenvalue weighted by molar-refractivity contribution is 0.0600. The molecule has 1 aliphatic rings. The quantitative estimate of drug-likeness (QED) is 0.697. The van der Waals surface area contributed by atoms with Gasteiger partial charge in [-0.25, -0.2) is 9.48 Å². The van der Waals surface area contributed by atoms with E-state index < -0.39 is 5.97 Å². The summed E-state index contributed by atoms with van der Waals surface area (Å²) in [5, 5.41) is 4.87. The van der Waals surface area contributed by atoms with Gasteiger partial charge in [-0.15, -0.1) is 0 Å². The van der Waals surface area contributed by atoms with Crippen LogP contribution in [0.5, 0.6) is 0 Å². The second-order valence-electron chi connectivity index (χ2n) is 4.85. The Labute approximate surface area is 121 Å². The lowest BCUT2D eigenvalue weighted by atomic mass is 10.1. The Hall–Kier alpha value is -2.01. The number of hydrogen-bond donors (Lipinski definition) is 1. The molecular weight excluding hydrogens is 278 g/mol. The Bertz CT molecular complexity index is 677. The van der Waals surface area contributed by atoms with Gasteiger partial charge in [-0.1, -0.05) is 11.6 Å². The average Bonchev–Trinajstić information content (AvgIpc) is 3.16. The fourth-order valence-electron chi connectivity index (χ4n) is 2.18. The molecule has 2 N–H and O–H groups in total. The largest absolute Gasteiger partial charge is 0.465 e. The van der Waals surface area contributed by atoms with Crippen molar-refractivity contribution < 1.29 is 9.53 Å². The molecular formula is C14H14ClN3O2. The Balaban J connectivity index is 2.12. The number of rotatable bonds is 3. The number of nitrogens with two attached hydrogens (primary N) is 1. The highest BCUT2D eigenvalue weighted by molar-refractivity contribution is 6.33. The standard InChI is InChI=1S/C14H14ClN3O2/c1-20-14(19)10-6-9(16)7-11(15)13(10)18-5-4-12(17-18)8-2-3-8/h4-8H,2-3,16H2,1H3. The average molecular weight is 292 g/mol. The summed E-state index contributed by atoms with van der Waals surface area (Å²) in [6.45, 7) is 0. The van der Waals surface area contributed by atoms with Crippen molar-refractivity contribution >= 4 is 23.3 Å². The number of halogens is 1. The van der Waals surface area contributed by atoms with Crippen molar-refractivity contribution in [2.45, 2.75) is 18.8 Å². The maximum atomic E-state index is 11.9. The normalized spacial score (nSPS) is 14.3. The molecule has 1 saturated carbocycles. The van der Waals surface area contributed by atoms with Crippen LogP contribution in [0.3, 0.4) is 0 Å². The molecule has 0 atom stereocenters. The molecule has 20 heavy (non-hydrogen) atoms. The first-order valence-electron chi connectivity index (χ1n) is 6.33. The van der Waals surface area contributed by atoms with Crippen LogP contribution in [0, 0.1) is 0 Å². The van der Waals surface area contributed by atoms with E-state index in [-0.39, 0.29) is 0 Å². The Morgan fingerprint density at radius 1 is 1.50 bits per heavy atom. The molecule has 1 aromatic carbocycles. The first-order valence-corrected chi connectivity index (χ1v) is 6.71. The third kappa shape index (κ3) is 2.25. The third-order valence-corrected chi connectivity index (χ3v) is 3.61. The number of aromatic nitrogens is 2. The molecule has 0 radical (unpaired) electrons. The second kappa shape index (κ2) is 4.83. The number of nitrogen functional groups attached to an aromatic ring is 1. The molecule has 0 spiro atoms. The molecule has 1 fully saturated rings. The maximum Gasteiger partial charge on any atom is 0.340 e. The highest BCUT2D eigenvalue weighted by Gasteiger charge is 2.27. The molecule has 0 bridgehead atoms. The second-order valence-corrected chi connectivity index (χ2v) is 5.26. The van der Waals surface area contributed by atoms with Crippen molar-refractivity contribution in [3.05, 3.63) is 40.7 Å². The molecule has 0 amide bonds. The molecule has 1 aliphatic carbocycles. The van der Waals surface area contributed by atoms with Gasteiger partial charge < -0.3 is 10.5 Å². The van der Waals surface area contributed by atoms with Crippen LogP contribution in [0.1, 0.15) is 34.8 Å². The molecule has 3 rings (SSSR count). The van der Waals surface area contributed by atoms with Gasteiger partial charge in [0.1, 0.15) is 0 Å². The molecule has 6 heteroatoms. The summed E-state index contributed by atoms with van der Waals surface area (Å²) in [4.78, 5) is 11.9. The Kier molecular flexibility index (Phi) is 3.14. The van der Waals surface area contributed by atoms with Crippen molar-refractivity contribution in [3.8, 4) is 5.69 Å². The van der Waals surface area contributed by atoms with E-state index in [1.807, 2.05) is 6.07 Å². The summed E-state index contributed by atoms with van der Waals surface area (Å²) in [5.74, 6) is 0.0445. The summed E-state index contributed by atoms with van der Waals surface area (Å²) in [6.07, 6.45) is 4.13. The van der Waals surface area contributed by atoms with Crippen molar-refractivity contribution in [1.29, 1.82) is 0 Å². The van der Waals surface area contributed by atoms with Crippen molar-refractivity contribution in [2.24, 2.45) is 0 Å². The van der Waals surface area contributed by atoms with Crippen LogP contribution >= 0.6 is 11.6 Å². The molecule has 0 unspecified atom stereocenters. The number of anilines is 1. The van der Waals surface area contributed by atoms with Crippen molar-refractivity contribution in [3.63, 3.8) is 0 Å². The minimum atomic E-state index is -0.488. The fraction of sp³-hybridized carbons (Fsp3) is 0.286. The zero-order valence-electron chi connectivity index (χ0n) is 11.0. The number of nitrogens with zero attached hydrogens (tertiary/aromatic N) is 2. The Morgan fingerprint density at radius 3 is 2.90 bits per heavy atom. The number of hydrogen-bond acceptors (Lipinski definition) is 4. The van der Waals surface area contributed by atoms with Gasteiger partial charge in [0.05, 0.1) is 29.1 Å². The van der Waals surface area contributed by atoms with Gasteiger partial charge >= 0.3 is 5.97 Å². The number of carbonyl (C=O) groups excluding carboxylic acids is 1. The zero-order chi connectivity index (χ0) is 14.3. The predicted molar refractivity (Wildman–Crippen MR) is 76.3 cm³/mol. The first kappa shape index (κ1) is 13.0. The van der Waals surface area contributed by atoms with Gasteiger partial charge in [0, 0.05) is 17.8 Å². The monoisotopic (exact) mass is 291 g/mol. The van der Waals surface area contributed by atoms with E-state index in [4.69, 9.17) is 22.1 Å². The van der Waals surface area contributed by atoms with Gasteiger partial charge in [-0.05, 0) is 31.0 Å². The van der Waals surface area contributed by atoms with E-state index in [1.165, 1.54) is 7.11 Å². The minimum absolute atomic E-state index is 0.308. The summed E-state index contributed by atoms with van der Waals surface area (Å²) < 4.78 is 6.39. The third-order valence-electron chi connectivity index (χ3n) is 3.33. The molecule has 0 aliphatic heterocycles. The van der Waals surface area contributed by atoms with E-state index in [0.29, 0.717) is 27.9 Å². The van der Waals surface area contributed by atoms with Crippen LogP contribution in [0.25, 0.3) is 5.69 Å². The van der Waals surface area contributed by atoms with Crippen LogP contribution in [0.2, 0.25) is 5.02 Å². The number of methoxy groups -OCH3 is 1. The number of esters is 1.